The average molecular weight is 465 g/mol. The van der Waals surface area contributed by atoms with Crippen molar-refractivity contribution in [3.8, 4) is 11.3 Å². The number of anilines is 2. The maximum Gasteiger partial charge on any atom is 0.226 e. The number of oxazole rings is 1. The minimum Gasteiger partial charge on any atom is -0.441 e. The maximum atomic E-state index is 13.9. The van der Waals surface area contributed by atoms with Gasteiger partial charge in [-0.15, -0.1) is 0 Å². The number of aryl methyl sites for hydroxylation is 1. The van der Waals surface area contributed by atoms with Gasteiger partial charge in [0, 0.05) is 49.8 Å². The Hall–Kier alpha value is -3.68. The van der Waals surface area contributed by atoms with E-state index in [2.05, 4.69) is 26.6 Å². The van der Waals surface area contributed by atoms with Crippen LogP contribution in [0, 0.1) is 5.82 Å². The Morgan fingerprint density at radius 3 is 2.71 bits per heavy atom. The van der Waals surface area contributed by atoms with Crippen LogP contribution in [0.2, 0.25) is 0 Å². The first-order valence-electron chi connectivity index (χ1n) is 11.6. The maximum absolute atomic E-state index is 13.9. The summed E-state index contributed by atoms with van der Waals surface area (Å²) in [6.45, 7) is 3.87. The first-order chi connectivity index (χ1) is 16.5. The fourth-order valence-electron chi connectivity index (χ4n) is 4.08. The molecule has 1 fully saturated rings. The predicted molar refractivity (Wildman–Crippen MR) is 129 cm³/mol. The number of nitrogens with zero attached hydrogens (tertiary/aromatic N) is 2. The van der Waals surface area contributed by atoms with Crippen molar-refractivity contribution in [2.45, 2.75) is 45.1 Å². The Labute approximate surface area is 198 Å². The molecule has 34 heavy (non-hydrogen) atoms. The summed E-state index contributed by atoms with van der Waals surface area (Å²) in [4.78, 5) is 31.2. The number of hydrogen-bond donors (Lipinski definition) is 2. The van der Waals surface area contributed by atoms with E-state index in [4.69, 9.17) is 4.42 Å². The molecule has 1 aliphatic rings. The summed E-state index contributed by atoms with van der Waals surface area (Å²) < 4.78 is 19.5. The zero-order chi connectivity index (χ0) is 23.9. The SMILES string of the molecule is CC(CC(=O)Nc1cccc(N2CCCC2)c1)NC(=O)CCc1ncc(-c2ccccc2F)o1. The van der Waals surface area contributed by atoms with E-state index in [1.165, 1.54) is 25.1 Å². The fourth-order valence-corrected chi connectivity index (χ4v) is 4.08. The van der Waals surface area contributed by atoms with Crippen LogP contribution in [0.25, 0.3) is 11.3 Å². The summed E-state index contributed by atoms with van der Waals surface area (Å²) >= 11 is 0. The molecular formula is C26H29FN4O3. The largest absolute Gasteiger partial charge is 0.441 e. The topological polar surface area (TPSA) is 87.5 Å². The third-order valence-corrected chi connectivity index (χ3v) is 5.76. The molecule has 4 rings (SSSR count). The highest BCUT2D eigenvalue weighted by Gasteiger charge is 2.16. The van der Waals surface area contributed by atoms with Gasteiger partial charge in [0.05, 0.1) is 11.8 Å². The lowest BCUT2D eigenvalue weighted by molar-refractivity contribution is -0.122. The average Bonchev–Trinajstić information content (AvgIpc) is 3.51. The summed E-state index contributed by atoms with van der Waals surface area (Å²) in [5.74, 6) is -0.0718. The Morgan fingerprint density at radius 2 is 1.91 bits per heavy atom. The van der Waals surface area contributed by atoms with Gasteiger partial charge in [-0.1, -0.05) is 18.2 Å². The predicted octanol–water partition coefficient (Wildman–Crippen LogP) is 4.55. The highest BCUT2D eigenvalue weighted by atomic mass is 19.1. The number of benzene rings is 2. The third kappa shape index (κ3) is 6.21. The van der Waals surface area contributed by atoms with Crippen molar-refractivity contribution in [3.63, 3.8) is 0 Å². The van der Waals surface area contributed by atoms with E-state index in [0.29, 0.717) is 17.2 Å². The van der Waals surface area contributed by atoms with Gasteiger partial charge < -0.3 is 20.0 Å². The molecule has 0 bridgehead atoms. The van der Waals surface area contributed by atoms with Gasteiger partial charge in [-0.2, -0.15) is 0 Å². The van der Waals surface area contributed by atoms with E-state index in [9.17, 15) is 14.0 Å². The highest BCUT2D eigenvalue weighted by Crippen LogP contribution is 2.24. The standard InChI is InChI=1S/C26H29FN4O3/c1-18(15-25(33)30-19-7-6-8-20(16-19)31-13-4-5-14-31)29-24(32)11-12-26-28-17-23(34-26)21-9-2-3-10-22(21)27/h2-3,6-10,16-18H,4-5,11-15H2,1H3,(H,29,32)(H,30,33). The second kappa shape index (κ2) is 11.0. The van der Waals surface area contributed by atoms with Crippen LogP contribution in [-0.2, 0) is 16.0 Å². The molecule has 0 aliphatic carbocycles. The van der Waals surface area contributed by atoms with Crippen LogP contribution in [-0.4, -0.2) is 35.9 Å². The number of carbonyl (C=O) groups is 2. The highest BCUT2D eigenvalue weighted by molar-refractivity contribution is 5.92. The number of halogens is 1. The quantitative estimate of drug-likeness (QED) is 0.485. The second-order valence-electron chi connectivity index (χ2n) is 8.56. The van der Waals surface area contributed by atoms with Crippen LogP contribution >= 0.6 is 0 Å². The fraction of sp³-hybridized carbons (Fsp3) is 0.346. The first kappa shape index (κ1) is 23.5. The Balaban J connectivity index is 1.21. The summed E-state index contributed by atoms with van der Waals surface area (Å²) in [5, 5.41) is 5.75. The van der Waals surface area contributed by atoms with Gasteiger partial charge in [-0.3, -0.25) is 9.59 Å². The van der Waals surface area contributed by atoms with Crippen LogP contribution in [0.5, 0.6) is 0 Å². The summed E-state index contributed by atoms with van der Waals surface area (Å²) in [6, 6.07) is 13.8. The molecule has 1 saturated heterocycles. The van der Waals surface area contributed by atoms with Gasteiger partial charge in [0.1, 0.15) is 5.82 Å². The van der Waals surface area contributed by atoms with E-state index in [-0.39, 0.29) is 37.1 Å². The zero-order valence-corrected chi connectivity index (χ0v) is 19.2. The van der Waals surface area contributed by atoms with Crippen molar-refractivity contribution in [2.24, 2.45) is 0 Å². The van der Waals surface area contributed by atoms with Crippen molar-refractivity contribution in [1.82, 2.24) is 10.3 Å². The van der Waals surface area contributed by atoms with Crippen LogP contribution < -0.4 is 15.5 Å². The molecule has 178 valence electrons. The Kier molecular flexibility index (Phi) is 7.57. The Bertz CT molecular complexity index is 1140. The summed E-state index contributed by atoms with van der Waals surface area (Å²) in [6.07, 6.45) is 4.43. The van der Waals surface area contributed by atoms with Crippen LogP contribution in [0.3, 0.4) is 0 Å². The van der Waals surface area contributed by atoms with E-state index in [0.717, 1.165) is 24.5 Å². The van der Waals surface area contributed by atoms with Gasteiger partial charge in [-0.25, -0.2) is 9.37 Å². The molecule has 0 radical (unpaired) electrons. The van der Waals surface area contributed by atoms with Crippen molar-refractivity contribution in [3.05, 3.63) is 66.4 Å². The van der Waals surface area contributed by atoms with Gasteiger partial charge in [0.15, 0.2) is 11.7 Å². The lowest BCUT2D eigenvalue weighted by Crippen LogP contribution is -2.35. The van der Waals surface area contributed by atoms with Gasteiger partial charge in [0.25, 0.3) is 0 Å². The molecule has 0 spiro atoms. The van der Waals surface area contributed by atoms with Gasteiger partial charge in [-0.05, 0) is 50.1 Å². The number of hydrogen-bond acceptors (Lipinski definition) is 5. The monoisotopic (exact) mass is 464 g/mol. The number of rotatable bonds is 9. The zero-order valence-electron chi connectivity index (χ0n) is 19.2. The normalized spacial score (nSPS) is 14.1. The van der Waals surface area contributed by atoms with Crippen LogP contribution in [0.4, 0.5) is 15.8 Å². The molecule has 0 saturated carbocycles. The minimum absolute atomic E-state index is 0.154. The van der Waals surface area contributed by atoms with E-state index in [1.807, 2.05) is 18.2 Å². The summed E-state index contributed by atoms with van der Waals surface area (Å²) in [5.41, 5.74) is 2.19. The van der Waals surface area contributed by atoms with Crippen LogP contribution in [0.1, 0.15) is 38.5 Å². The van der Waals surface area contributed by atoms with Gasteiger partial charge >= 0.3 is 0 Å². The lowest BCUT2D eigenvalue weighted by Gasteiger charge is -2.19. The molecule has 1 atom stereocenters. The lowest BCUT2D eigenvalue weighted by atomic mass is 10.2. The van der Waals surface area contributed by atoms with Crippen molar-refractivity contribution < 1.29 is 18.4 Å². The van der Waals surface area contributed by atoms with Gasteiger partial charge in [0.2, 0.25) is 11.8 Å². The molecule has 2 aromatic carbocycles. The smallest absolute Gasteiger partial charge is 0.226 e. The Morgan fingerprint density at radius 1 is 1.12 bits per heavy atom. The minimum atomic E-state index is -0.391. The summed E-state index contributed by atoms with van der Waals surface area (Å²) in [7, 11) is 0. The molecule has 1 unspecified atom stereocenters. The van der Waals surface area contributed by atoms with Crippen molar-refractivity contribution >= 4 is 23.2 Å². The van der Waals surface area contributed by atoms with E-state index in [1.54, 1.807) is 25.1 Å². The molecular weight excluding hydrogens is 435 g/mol. The molecule has 2 amide bonds. The van der Waals surface area contributed by atoms with Crippen molar-refractivity contribution in [2.75, 3.05) is 23.3 Å². The number of aromatic nitrogens is 1. The van der Waals surface area contributed by atoms with Crippen LogP contribution in [0.15, 0.2) is 59.1 Å². The molecule has 3 aromatic rings. The molecule has 7 nitrogen and oxygen atoms in total. The first-order valence-corrected chi connectivity index (χ1v) is 11.6. The molecule has 1 aromatic heterocycles. The molecule has 2 N–H and O–H groups in total. The molecule has 8 heteroatoms. The second-order valence-corrected chi connectivity index (χ2v) is 8.56. The molecule has 2 heterocycles. The molecule has 1 aliphatic heterocycles. The van der Waals surface area contributed by atoms with Crippen molar-refractivity contribution in [1.29, 1.82) is 0 Å². The van der Waals surface area contributed by atoms with E-state index < -0.39 is 5.82 Å². The van der Waals surface area contributed by atoms with E-state index >= 15 is 0 Å². The number of carbonyl (C=O) groups excluding carboxylic acids is 2. The number of nitrogens with one attached hydrogen (secondary N) is 2. The number of amides is 2. The third-order valence-electron chi connectivity index (χ3n) is 5.76.